The second-order valence-corrected chi connectivity index (χ2v) is 3.11. The predicted molar refractivity (Wildman–Crippen MR) is 55.6 cm³/mol. The second-order valence-electron chi connectivity index (χ2n) is 3.11. The molecule has 1 atom stereocenters. The van der Waals surface area contributed by atoms with Gasteiger partial charge in [0.25, 0.3) is 0 Å². The summed E-state index contributed by atoms with van der Waals surface area (Å²) >= 11 is 0. The largest absolute Gasteiger partial charge is 0.494 e. The van der Waals surface area contributed by atoms with E-state index in [1.807, 2.05) is 13.0 Å². The lowest BCUT2D eigenvalue weighted by Gasteiger charge is -2.07. The SMILES string of the molecule is CCOc1cccc(C(=O)C(C)N)c1. The molecular formula is C11H15NO2. The molecule has 0 saturated heterocycles. The number of ether oxygens (including phenoxy) is 1. The van der Waals surface area contributed by atoms with Crippen molar-refractivity contribution in [3.05, 3.63) is 29.8 Å². The summed E-state index contributed by atoms with van der Waals surface area (Å²) in [4.78, 5) is 11.5. The fourth-order valence-electron chi connectivity index (χ4n) is 1.17. The number of benzene rings is 1. The van der Waals surface area contributed by atoms with E-state index in [1.54, 1.807) is 25.1 Å². The molecule has 14 heavy (non-hydrogen) atoms. The molecule has 0 fully saturated rings. The van der Waals surface area contributed by atoms with Crippen LogP contribution < -0.4 is 10.5 Å². The molecule has 1 rings (SSSR count). The van der Waals surface area contributed by atoms with Crippen LogP contribution in [0.15, 0.2) is 24.3 Å². The fourth-order valence-corrected chi connectivity index (χ4v) is 1.17. The van der Waals surface area contributed by atoms with Crippen molar-refractivity contribution in [2.45, 2.75) is 19.9 Å². The lowest BCUT2D eigenvalue weighted by atomic mass is 10.1. The van der Waals surface area contributed by atoms with Crippen molar-refractivity contribution in [1.82, 2.24) is 0 Å². The Morgan fingerprint density at radius 3 is 2.86 bits per heavy atom. The van der Waals surface area contributed by atoms with E-state index in [1.165, 1.54) is 0 Å². The van der Waals surface area contributed by atoms with Crippen LogP contribution in [0.5, 0.6) is 5.75 Å². The Balaban J connectivity index is 2.88. The maximum Gasteiger partial charge on any atom is 0.179 e. The molecule has 0 aliphatic carbocycles. The third-order valence-electron chi connectivity index (χ3n) is 1.84. The summed E-state index contributed by atoms with van der Waals surface area (Å²) in [5.41, 5.74) is 6.10. The van der Waals surface area contributed by atoms with Crippen LogP contribution in [0.25, 0.3) is 0 Å². The quantitative estimate of drug-likeness (QED) is 0.739. The van der Waals surface area contributed by atoms with E-state index in [-0.39, 0.29) is 5.78 Å². The first-order valence-corrected chi connectivity index (χ1v) is 4.67. The van der Waals surface area contributed by atoms with Crippen molar-refractivity contribution in [2.24, 2.45) is 5.73 Å². The molecule has 0 radical (unpaired) electrons. The van der Waals surface area contributed by atoms with Crippen molar-refractivity contribution in [2.75, 3.05) is 6.61 Å². The number of nitrogens with two attached hydrogens (primary N) is 1. The minimum atomic E-state index is -0.466. The number of carbonyl (C=O) groups excluding carboxylic acids is 1. The number of hydrogen-bond acceptors (Lipinski definition) is 3. The van der Waals surface area contributed by atoms with E-state index in [2.05, 4.69) is 0 Å². The van der Waals surface area contributed by atoms with Crippen molar-refractivity contribution in [3.8, 4) is 5.75 Å². The first-order chi connectivity index (χ1) is 6.65. The molecule has 1 aromatic carbocycles. The van der Waals surface area contributed by atoms with Gasteiger partial charge < -0.3 is 10.5 Å². The monoisotopic (exact) mass is 193 g/mol. The van der Waals surface area contributed by atoms with E-state index in [9.17, 15) is 4.79 Å². The minimum Gasteiger partial charge on any atom is -0.494 e. The number of rotatable bonds is 4. The molecule has 0 bridgehead atoms. The highest BCUT2D eigenvalue weighted by Gasteiger charge is 2.10. The predicted octanol–water partition coefficient (Wildman–Crippen LogP) is 1.62. The Hall–Kier alpha value is -1.35. The maximum atomic E-state index is 11.5. The number of hydrogen-bond donors (Lipinski definition) is 1. The molecule has 0 aliphatic rings. The van der Waals surface area contributed by atoms with Gasteiger partial charge in [-0.1, -0.05) is 12.1 Å². The lowest BCUT2D eigenvalue weighted by Crippen LogP contribution is -2.26. The standard InChI is InChI=1S/C11H15NO2/c1-3-14-10-6-4-5-9(7-10)11(13)8(2)12/h4-8H,3,12H2,1-2H3. The number of ketones is 1. The summed E-state index contributed by atoms with van der Waals surface area (Å²) in [6.45, 7) is 4.17. The van der Waals surface area contributed by atoms with Crippen molar-refractivity contribution < 1.29 is 9.53 Å². The Labute approximate surface area is 83.9 Å². The van der Waals surface area contributed by atoms with Crippen LogP contribution in [0.3, 0.4) is 0 Å². The third-order valence-corrected chi connectivity index (χ3v) is 1.84. The molecule has 0 aliphatic heterocycles. The molecule has 3 heteroatoms. The van der Waals surface area contributed by atoms with Gasteiger partial charge in [0.15, 0.2) is 5.78 Å². The van der Waals surface area contributed by atoms with Gasteiger partial charge in [0.1, 0.15) is 5.75 Å². The number of Topliss-reactive ketones (excluding diaryl/α,β-unsaturated/α-hetero) is 1. The average molecular weight is 193 g/mol. The Morgan fingerprint density at radius 1 is 1.57 bits per heavy atom. The average Bonchev–Trinajstić information content (AvgIpc) is 2.17. The van der Waals surface area contributed by atoms with Crippen LogP contribution in [-0.2, 0) is 0 Å². The molecule has 76 valence electrons. The van der Waals surface area contributed by atoms with Crippen molar-refractivity contribution >= 4 is 5.78 Å². The molecule has 0 aromatic heterocycles. The van der Waals surface area contributed by atoms with Crippen molar-refractivity contribution in [1.29, 1.82) is 0 Å². The Bertz CT molecular complexity index is 321. The second kappa shape index (κ2) is 4.77. The Morgan fingerprint density at radius 2 is 2.29 bits per heavy atom. The smallest absolute Gasteiger partial charge is 0.179 e. The topological polar surface area (TPSA) is 52.3 Å². The van der Waals surface area contributed by atoms with E-state index in [0.29, 0.717) is 17.9 Å². The zero-order chi connectivity index (χ0) is 10.6. The molecular weight excluding hydrogens is 178 g/mol. The first kappa shape index (κ1) is 10.7. The van der Waals surface area contributed by atoms with Gasteiger partial charge in [0, 0.05) is 5.56 Å². The number of carbonyl (C=O) groups is 1. The van der Waals surface area contributed by atoms with Gasteiger partial charge >= 0.3 is 0 Å². The summed E-state index contributed by atoms with van der Waals surface area (Å²) in [5, 5.41) is 0. The van der Waals surface area contributed by atoms with E-state index in [0.717, 1.165) is 0 Å². The van der Waals surface area contributed by atoms with E-state index < -0.39 is 6.04 Å². The van der Waals surface area contributed by atoms with Crippen molar-refractivity contribution in [3.63, 3.8) is 0 Å². The summed E-state index contributed by atoms with van der Waals surface area (Å²) in [6.07, 6.45) is 0. The molecule has 0 amide bonds. The highest BCUT2D eigenvalue weighted by atomic mass is 16.5. The van der Waals surface area contributed by atoms with Crippen LogP contribution in [0.2, 0.25) is 0 Å². The van der Waals surface area contributed by atoms with Gasteiger partial charge in [0.2, 0.25) is 0 Å². The van der Waals surface area contributed by atoms with Gasteiger partial charge in [-0.05, 0) is 26.0 Å². The van der Waals surface area contributed by atoms with Crippen LogP contribution in [0, 0.1) is 0 Å². The summed E-state index contributed by atoms with van der Waals surface area (Å²) in [5.74, 6) is 0.644. The van der Waals surface area contributed by atoms with Crippen LogP contribution in [0.1, 0.15) is 24.2 Å². The molecule has 0 spiro atoms. The lowest BCUT2D eigenvalue weighted by molar-refractivity contribution is 0.0967. The zero-order valence-corrected chi connectivity index (χ0v) is 8.49. The first-order valence-electron chi connectivity index (χ1n) is 4.67. The van der Waals surface area contributed by atoms with Crippen LogP contribution >= 0.6 is 0 Å². The van der Waals surface area contributed by atoms with E-state index in [4.69, 9.17) is 10.5 Å². The zero-order valence-electron chi connectivity index (χ0n) is 8.49. The fraction of sp³-hybridized carbons (Fsp3) is 0.364. The van der Waals surface area contributed by atoms with Gasteiger partial charge in [-0.25, -0.2) is 0 Å². The maximum absolute atomic E-state index is 11.5. The van der Waals surface area contributed by atoms with Gasteiger partial charge in [-0.2, -0.15) is 0 Å². The molecule has 0 saturated carbocycles. The van der Waals surface area contributed by atoms with Gasteiger partial charge in [-0.3, -0.25) is 4.79 Å². The minimum absolute atomic E-state index is 0.0634. The van der Waals surface area contributed by atoms with Gasteiger partial charge in [0.05, 0.1) is 12.6 Å². The summed E-state index contributed by atoms with van der Waals surface area (Å²) in [7, 11) is 0. The summed E-state index contributed by atoms with van der Waals surface area (Å²) < 4.78 is 5.28. The highest BCUT2D eigenvalue weighted by molar-refractivity contribution is 5.99. The summed E-state index contributed by atoms with van der Waals surface area (Å²) in [6, 6.07) is 6.61. The highest BCUT2D eigenvalue weighted by Crippen LogP contribution is 2.14. The molecule has 1 aromatic rings. The van der Waals surface area contributed by atoms with E-state index >= 15 is 0 Å². The molecule has 2 N–H and O–H groups in total. The van der Waals surface area contributed by atoms with Crippen LogP contribution in [0.4, 0.5) is 0 Å². The van der Waals surface area contributed by atoms with Crippen LogP contribution in [-0.4, -0.2) is 18.4 Å². The molecule has 0 heterocycles. The Kier molecular flexibility index (Phi) is 3.65. The molecule has 3 nitrogen and oxygen atoms in total. The normalized spacial score (nSPS) is 12.2. The molecule has 1 unspecified atom stereocenters. The third kappa shape index (κ3) is 2.57. The van der Waals surface area contributed by atoms with Gasteiger partial charge in [-0.15, -0.1) is 0 Å².